The topological polar surface area (TPSA) is 40.6 Å². The summed E-state index contributed by atoms with van der Waals surface area (Å²) in [6.07, 6.45) is 1.76. The molecule has 1 atom stereocenters. The maximum atomic E-state index is 5.18. The van der Waals surface area contributed by atoms with Crippen molar-refractivity contribution >= 4 is 22.0 Å². The molecule has 19 heavy (non-hydrogen) atoms. The lowest BCUT2D eigenvalue weighted by Gasteiger charge is -2.09. The van der Waals surface area contributed by atoms with Crippen LogP contribution in [0.15, 0.2) is 42.6 Å². The molecule has 0 amide bonds. The Balaban J connectivity index is 2.21. The van der Waals surface area contributed by atoms with Gasteiger partial charge in [-0.05, 0) is 30.3 Å². The van der Waals surface area contributed by atoms with Crippen molar-refractivity contribution in [3.63, 3.8) is 0 Å². The van der Waals surface area contributed by atoms with E-state index in [1.807, 2.05) is 36.4 Å². The van der Waals surface area contributed by atoms with Crippen molar-refractivity contribution in [2.24, 2.45) is 0 Å². The smallest absolute Gasteiger partial charge is 0.480 e. The fraction of sp³-hybridized carbons (Fsp3) is 0.154. The Morgan fingerprint density at radius 1 is 1.00 bits per heavy atom. The largest absolute Gasteiger partial charge is 0.495 e. The van der Waals surface area contributed by atoms with E-state index in [4.69, 9.17) is 13.8 Å². The van der Waals surface area contributed by atoms with E-state index in [1.165, 1.54) is 0 Å². The lowest BCUT2D eigenvalue weighted by Crippen LogP contribution is -2.34. The molecule has 1 aromatic heterocycles. The first-order valence-electron chi connectivity index (χ1n) is 5.77. The maximum Gasteiger partial charge on any atom is 0.495 e. The van der Waals surface area contributed by atoms with E-state index in [2.05, 4.69) is 14.5 Å². The number of nitrogens with zero attached hydrogens (tertiary/aromatic N) is 1. The molecular weight excluding hydrogens is 260 g/mol. The minimum absolute atomic E-state index is 0.380. The predicted octanol–water partition coefficient (Wildman–Crippen LogP) is 1.91. The second-order valence-corrected chi connectivity index (χ2v) is 4.16. The first-order chi connectivity index (χ1) is 9.28. The lowest BCUT2D eigenvalue weighted by atomic mass is 9.80. The molecule has 0 aliphatic carbocycles. The molecule has 2 aromatic rings. The number of benzene rings is 1. The molecule has 0 aliphatic rings. The highest BCUT2D eigenvalue weighted by molar-refractivity contribution is 7.10. The molecule has 0 aliphatic heterocycles. The van der Waals surface area contributed by atoms with E-state index < -0.39 is 0 Å². The van der Waals surface area contributed by atoms with E-state index >= 15 is 0 Å². The molecule has 2 rings (SSSR count). The molecule has 0 fully saturated rings. The van der Waals surface area contributed by atoms with Crippen molar-refractivity contribution < 1.29 is 13.8 Å². The third kappa shape index (κ3) is 3.32. The van der Waals surface area contributed by atoms with Crippen LogP contribution in [-0.2, 0) is 9.31 Å². The number of rotatable bonds is 5. The molecule has 98 valence electrons. The molecule has 0 bridgehead atoms. The van der Waals surface area contributed by atoms with Crippen LogP contribution in [0, 0.1) is 0 Å². The van der Waals surface area contributed by atoms with Crippen molar-refractivity contribution in [1.82, 2.24) is 4.98 Å². The van der Waals surface area contributed by atoms with E-state index in [0.717, 1.165) is 22.5 Å². The summed E-state index contributed by atoms with van der Waals surface area (Å²) in [5.74, 6) is 0.796. The maximum absolute atomic E-state index is 5.18. The van der Waals surface area contributed by atoms with Gasteiger partial charge in [-0.25, -0.2) is 0 Å². The first-order valence-corrected chi connectivity index (χ1v) is 6.24. The molecule has 0 saturated heterocycles. The minimum Gasteiger partial charge on any atom is -0.480 e. The second-order valence-electron chi connectivity index (χ2n) is 3.92. The van der Waals surface area contributed by atoms with Crippen LogP contribution in [0.1, 0.15) is 0 Å². The van der Waals surface area contributed by atoms with E-state index in [-0.39, 0.29) is 7.12 Å². The van der Waals surface area contributed by atoms with Crippen LogP contribution in [0.5, 0.6) is 5.75 Å². The van der Waals surface area contributed by atoms with Gasteiger partial charge in [0.05, 0.1) is 15.2 Å². The van der Waals surface area contributed by atoms with Crippen LogP contribution in [0.3, 0.4) is 0 Å². The molecule has 1 heterocycles. The highest BCUT2D eigenvalue weighted by Gasteiger charge is 2.17. The van der Waals surface area contributed by atoms with Gasteiger partial charge in [0.15, 0.2) is 0 Å². The van der Waals surface area contributed by atoms with Crippen LogP contribution < -0.4 is 9.99 Å². The Kier molecular flexibility index (Phi) is 4.91. The fourth-order valence-electron chi connectivity index (χ4n) is 1.79. The summed E-state index contributed by atoms with van der Waals surface area (Å²) in [6.45, 7) is 0. The predicted molar refractivity (Wildman–Crippen MR) is 79.4 cm³/mol. The van der Waals surface area contributed by atoms with E-state index in [0.29, 0.717) is 0 Å². The van der Waals surface area contributed by atoms with E-state index in [9.17, 15) is 0 Å². The Morgan fingerprint density at radius 2 is 1.68 bits per heavy atom. The van der Waals surface area contributed by atoms with Gasteiger partial charge in [0, 0.05) is 31.4 Å². The summed E-state index contributed by atoms with van der Waals surface area (Å²) in [4.78, 5) is 4.42. The van der Waals surface area contributed by atoms with Crippen LogP contribution in [0.25, 0.3) is 11.3 Å². The molecule has 0 spiro atoms. The van der Waals surface area contributed by atoms with Crippen molar-refractivity contribution in [2.75, 3.05) is 14.2 Å². The normalized spacial score (nSPS) is 10.3. The van der Waals surface area contributed by atoms with Gasteiger partial charge in [0.2, 0.25) is 0 Å². The van der Waals surface area contributed by atoms with Gasteiger partial charge < -0.3 is 13.8 Å². The van der Waals surface area contributed by atoms with Crippen molar-refractivity contribution in [2.45, 2.75) is 0 Å². The summed E-state index contributed by atoms with van der Waals surface area (Å²) in [6, 6.07) is 11.6. The summed E-state index contributed by atoms with van der Waals surface area (Å²) < 4.78 is 15.4. The lowest BCUT2D eigenvalue weighted by molar-refractivity contribution is 0.292. The highest BCUT2D eigenvalue weighted by Crippen LogP contribution is 2.20. The van der Waals surface area contributed by atoms with Gasteiger partial charge in [0.1, 0.15) is 5.75 Å². The number of aromatic nitrogens is 1. The van der Waals surface area contributed by atoms with Gasteiger partial charge in [-0.15, -0.1) is 0 Å². The molecule has 0 N–H and O–H groups in total. The molecule has 1 unspecified atom stereocenters. The van der Waals surface area contributed by atoms with Crippen LogP contribution in [0.4, 0.5) is 0 Å². The Labute approximate surface area is 115 Å². The highest BCUT2D eigenvalue weighted by atomic mass is 31.0. The molecule has 4 nitrogen and oxygen atoms in total. The number of hydrogen-bond donors (Lipinski definition) is 0. The van der Waals surface area contributed by atoms with E-state index in [1.54, 1.807) is 20.4 Å². The monoisotopic (exact) mass is 275 g/mol. The fourth-order valence-corrected chi connectivity index (χ4v) is 1.95. The average molecular weight is 275 g/mol. The zero-order chi connectivity index (χ0) is 13.7. The van der Waals surface area contributed by atoms with Gasteiger partial charge in [-0.2, -0.15) is 0 Å². The van der Waals surface area contributed by atoms with Crippen molar-refractivity contribution in [3.05, 3.63) is 42.6 Å². The second kappa shape index (κ2) is 6.66. The molecule has 0 radical (unpaired) electrons. The Morgan fingerprint density at radius 3 is 2.16 bits per heavy atom. The Hall–Kier alpha value is -1.42. The third-order valence-corrected chi connectivity index (χ3v) is 3.05. The van der Waals surface area contributed by atoms with Crippen LogP contribution in [0.2, 0.25) is 0 Å². The Bertz CT molecular complexity index is 514. The van der Waals surface area contributed by atoms with Gasteiger partial charge in [0.25, 0.3) is 0 Å². The van der Waals surface area contributed by atoms with Gasteiger partial charge in [-0.1, -0.05) is 6.07 Å². The van der Waals surface area contributed by atoms with Crippen LogP contribution >= 0.6 is 9.47 Å². The zero-order valence-corrected chi connectivity index (χ0v) is 12.0. The summed E-state index contributed by atoms with van der Waals surface area (Å²) in [7, 11) is 5.04. The van der Waals surface area contributed by atoms with Crippen LogP contribution in [-0.4, -0.2) is 26.3 Å². The summed E-state index contributed by atoms with van der Waals surface area (Å²) in [5.41, 5.74) is 2.81. The van der Waals surface area contributed by atoms with Crippen molar-refractivity contribution in [1.29, 1.82) is 0 Å². The average Bonchev–Trinajstić information content (AvgIpc) is 2.49. The zero-order valence-electron chi connectivity index (χ0n) is 10.9. The number of pyridine rings is 1. The third-order valence-electron chi connectivity index (χ3n) is 2.77. The van der Waals surface area contributed by atoms with Gasteiger partial charge in [-0.3, -0.25) is 4.98 Å². The molecule has 0 saturated carbocycles. The molecular formula is C13H15BNO3P. The summed E-state index contributed by atoms with van der Waals surface area (Å²) >= 11 is 0. The SMILES string of the molecule is COB(OC)c1ccc(-c2ccc(OP)cc2)nc1. The first kappa shape index (κ1) is 14.0. The summed E-state index contributed by atoms with van der Waals surface area (Å²) in [5, 5.41) is 0. The molecule has 1 aromatic carbocycles. The molecule has 6 heteroatoms. The van der Waals surface area contributed by atoms with Gasteiger partial charge >= 0.3 is 7.12 Å². The minimum atomic E-state index is -0.380. The quantitative estimate of drug-likeness (QED) is 0.617. The van der Waals surface area contributed by atoms with Crippen molar-refractivity contribution in [3.8, 4) is 17.0 Å². The number of hydrogen-bond acceptors (Lipinski definition) is 4. The standard InChI is InChI=1S/C13H15BNO3P/c1-16-14(17-2)11-5-8-13(15-9-11)10-3-6-12(18-19)7-4-10/h3-9H,19H2,1-2H3.